The third-order valence-corrected chi connectivity index (χ3v) is 5.36. The summed E-state index contributed by atoms with van der Waals surface area (Å²) in [5.41, 5.74) is -0.368. The van der Waals surface area contributed by atoms with Gasteiger partial charge >= 0.3 is 6.18 Å². The summed E-state index contributed by atoms with van der Waals surface area (Å²) in [5.74, 6) is -2.73. The van der Waals surface area contributed by atoms with E-state index in [-0.39, 0.29) is 36.1 Å². The van der Waals surface area contributed by atoms with Gasteiger partial charge in [0.2, 0.25) is 5.88 Å². The van der Waals surface area contributed by atoms with Crippen molar-refractivity contribution in [2.45, 2.75) is 32.5 Å². The highest BCUT2D eigenvalue weighted by atomic mass is 35.5. The molecule has 3 heterocycles. The zero-order valence-corrected chi connectivity index (χ0v) is 17.3. The van der Waals surface area contributed by atoms with Gasteiger partial charge in [-0.25, -0.2) is 9.37 Å². The molecule has 2 amide bonds. The number of fused-ring (bicyclic) bond motifs is 1. The summed E-state index contributed by atoms with van der Waals surface area (Å²) in [6, 6.07) is 2.12. The number of benzene rings is 1. The summed E-state index contributed by atoms with van der Waals surface area (Å²) < 4.78 is 59.1. The number of carbonyl (C=O) groups is 2. The normalized spacial score (nSPS) is 16.4. The maximum Gasteiger partial charge on any atom is 0.420 e. The summed E-state index contributed by atoms with van der Waals surface area (Å²) >= 11 is 5.96. The standard InChI is InChI=1S/C20H15ClF4N4O3/c1-2-14-26-12-8-29(16-15(21)17(30)28-18(16)31)6-5-10(12)19(27-14)32-13-4-3-9(22)7-11(13)20(23,24)25/h3-4,7H,2,5-6,8H2,1H3,(H,28,30,31). The number of ether oxygens (including phenoxy) is 1. The third-order valence-electron chi connectivity index (χ3n) is 5.01. The average Bonchev–Trinajstić information content (AvgIpc) is 2.99. The lowest BCUT2D eigenvalue weighted by molar-refractivity contribution is -0.138. The minimum atomic E-state index is -4.83. The van der Waals surface area contributed by atoms with E-state index in [0.29, 0.717) is 29.6 Å². The molecule has 0 radical (unpaired) electrons. The zero-order chi connectivity index (χ0) is 23.2. The molecule has 2 aliphatic rings. The maximum absolute atomic E-state index is 13.4. The molecule has 0 saturated heterocycles. The number of hydrogen-bond donors (Lipinski definition) is 1. The number of halogens is 5. The van der Waals surface area contributed by atoms with Gasteiger partial charge in [0.15, 0.2) is 0 Å². The van der Waals surface area contributed by atoms with Gasteiger partial charge in [-0.05, 0) is 24.6 Å². The molecule has 1 N–H and O–H groups in total. The third kappa shape index (κ3) is 3.99. The molecule has 2 aliphatic heterocycles. The molecule has 0 atom stereocenters. The lowest BCUT2D eigenvalue weighted by atomic mass is 10.0. The smallest absolute Gasteiger partial charge is 0.420 e. The van der Waals surface area contributed by atoms with Gasteiger partial charge in [-0.2, -0.15) is 18.2 Å². The first-order valence-corrected chi connectivity index (χ1v) is 9.90. The monoisotopic (exact) mass is 470 g/mol. The van der Waals surface area contributed by atoms with Crippen molar-refractivity contribution in [2.75, 3.05) is 6.54 Å². The van der Waals surface area contributed by atoms with E-state index in [1.54, 1.807) is 11.8 Å². The number of hydrogen-bond acceptors (Lipinski definition) is 6. The summed E-state index contributed by atoms with van der Waals surface area (Å²) in [6.45, 7) is 2.05. The van der Waals surface area contributed by atoms with E-state index in [9.17, 15) is 27.2 Å². The van der Waals surface area contributed by atoms with Crippen molar-refractivity contribution in [1.82, 2.24) is 20.2 Å². The maximum atomic E-state index is 13.4. The second-order valence-corrected chi connectivity index (χ2v) is 7.46. The lowest BCUT2D eigenvalue weighted by Gasteiger charge is -2.30. The van der Waals surface area contributed by atoms with Crippen LogP contribution >= 0.6 is 11.6 Å². The summed E-state index contributed by atoms with van der Waals surface area (Å²) in [7, 11) is 0. The van der Waals surface area contributed by atoms with E-state index in [0.717, 1.165) is 12.1 Å². The van der Waals surface area contributed by atoms with E-state index in [4.69, 9.17) is 16.3 Å². The van der Waals surface area contributed by atoms with Crippen LogP contribution in [0, 0.1) is 5.82 Å². The number of amides is 2. The Hall–Kier alpha value is -3.21. The van der Waals surface area contributed by atoms with Crippen LogP contribution < -0.4 is 10.1 Å². The number of carbonyl (C=O) groups excluding carboxylic acids is 2. The first-order valence-electron chi connectivity index (χ1n) is 9.52. The highest BCUT2D eigenvalue weighted by Gasteiger charge is 2.37. The number of nitrogens with one attached hydrogen (secondary N) is 1. The molecular formula is C20H15ClF4N4O3. The van der Waals surface area contributed by atoms with Crippen LogP contribution in [0.5, 0.6) is 11.6 Å². The second kappa shape index (κ2) is 8.05. The van der Waals surface area contributed by atoms with Crippen LogP contribution in [0.15, 0.2) is 28.9 Å². The van der Waals surface area contributed by atoms with Crippen molar-refractivity contribution in [3.63, 3.8) is 0 Å². The summed E-state index contributed by atoms with van der Waals surface area (Å²) in [5, 5.41) is 1.87. The quantitative estimate of drug-likeness (QED) is 0.544. The van der Waals surface area contributed by atoms with Crippen molar-refractivity contribution < 1.29 is 31.9 Å². The van der Waals surface area contributed by atoms with Crippen molar-refractivity contribution in [1.29, 1.82) is 0 Å². The summed E-state index contributed by atoms with van der Waals surface area (Å²) in [4.78, 5) is 34.0. The van der Waals surface area contributed by atoms with Gasteiger partial charge in [0.25, 0.3) is 11.8 Å². The minimum Gasteiger partial charge on any atom is -0.438 e. The fourth-order valence-electron chi connectivity index (χ4n) is 3.50. The van der Waals surface area contributed by atoms with Crippen LogP contribution in [0.25, 0.3) is 0 Å². The molecule has 168 valence electrons. The number of alkyl halides is 3. The van der Waals surface area contributed by atoms with Crippen LogP contribution in [0.1, 0.15) is 29.6 Å². The molecular weight excluding hydrogens is 456 g/mol. The molecule has 2 aromatic rings. The van der Waals surface area contributed by atoms with Crippen LogP contribution in [0.4, 0.5) is 17.6 Å². The van der Waals surface area contributed by atoms with Gasteiger partial charge in [-0.1, -0.05) is 18.5 Å². The predicted octanol–water partition coefficient (Wildman–Crippen LogP) is 3.45. The topological polar surface area (TPSA) is 84.4 Å². The Morgan fingerprint density at radius 3 is 2.59 bits per heavy atom. The SMILES string of the molecule is CCc1nc2c(c(Oc3ccc(F)cc3C(F)(F)F)n1)CCN(C1=C(Cl)C(=O)NC1=O)C2. The fraction of sp³-hybridized carbons (Fsp3) is 0.300. The zero-order valence-electron chi connectivity index (χ0n) is 16.5. The van der Waals surface area contributed by atoms with Crippen LogP contribution in [0.2, 0.25) is 0 Å². The Kier molecular flexibility index (Phi) is 5.53. The minimum absolute atomic E-state index is 0.0133. The first-order chi connectivity index (χ1) is 15.1. The molecule has 0 bridgehead atoms. The van der Waals surface area contributed by atoms with Crippen LogP contribution in [-0.4, -0.2) is 33.2 Å². The lowest BCUT2D eigenvalue weighted by Crippen LogP contribution is -2.35. The molecule has 0 unspecified atom stereocenters. The highest BCUT2D eigenvalue weighted by Crippen LogP contribution is 2.40. The van der Waals surface area contributed by atoms with Gasteiger partial charge in [0.1, 0.15) is 33.7 Å². The number of rotatable bonds is 4. The van der Waals surface area contributed by atoms with Crippen LogP contribution in [-0.2, 0) is 35.2 Å². The molecule has 0 saturated carbocycles. The Balaban J connectivity index is 1.72. The van der Waals surface area contributed by atoms with E-state index in [1.807, 2.05) is 0 Å². The van der Waals surface area contributed by atoms with E-state index in [1.165, 1.54) is 0 Å². The Bertz CT molecular complexity index is 1170. The Morgan fingerprint density at radius 1 is 1.22 bits per heavy atom. The van der Waals surface area contributed by atoms with E-state index < -0.39 is 35.1 Å². The molecule has 1 aromatic carbocycles. The Labute approximate surface area is 184 Å². The second-order valence-electron chi connectivity index (χ2n) is 7.08. The number of imide groups is 1. The molecule has 0 fully saturated rings. The van der Waals surface area contributed by atoms with Gasteiger partial charge in [-0.3, -0.25) is 14.9 Å². The van der Waals surface area contributed by atoms with Crippen molar-refractivity contribution in [3.05, 3.63) is 57.4 Å². The number of nitrogens with zero attached hydrogens (tertiary/aromatic N) is 3. The van der Waals surface area contributed by atoms with Crippen molar-refractivity contribution >= 4 is 23.4 Å². The highest BCUT2D eigenvalue weighted by molar-refractivity contribution is 6.47. The van der Waals surface area contributed by atoms with Gasteiger partial charge in [0, 0.05) is 18.5 Å². The van der Waals surface area contributed by atoms with Crippen LogP contribution in [0.3, 0.4) is 0 Å². The largest absolute Gasteiger partial charge is 0.438 e. The molecule has 12 heteroatoms. The van der Waals surface area contributed by atoms with Crippen molar-refractivity contribution in [2.24, 2.45) is 0 Å². The van der Waals surface area contributed by atoms with E-state index >= 15 is 0 Å². The van der Waals surface area contributed by atoms with E-state index in [2.05, 4.69) is 15.3 Å². The molecule has 32 heavy (non-hydrogen) atoms. The van der Waals surface area contributed by atoms with Gasteiger partial charge in [-0.15, -0.1) is 0 Å². The molecule has 4 rings (SSSR count). The number of aryl methyl sites for hydroxylation is 1. The molecule has 1 aromatic heterocycles. The van der Waals surface area contributed by atoms with Gasteiger partial charge < -0.3 is 9.64 Å². The first kappa shape index (κ1) is 22.0. The average molecular weight is 471 g/mol. The molecule has 0 aliphatic carbocycles. The van der Waals surface area contributed by atoms with Crippen molar-refractivity contribution in [3.8, 4) is 11.6 Å². The molecule has 7 nitrogen and oxygen atoms in total. The summed E-state index contributed by atoms with van der Waals surface area (Å²) in [6.07, 6.45) is -4.26. The predicted molar refractivity (Wildman–Crippen MR) is 103 cm³/mol. The molecule has 0 spiro atoms. The fourth-order valence-corrected chi connectivity index (χ4v) is 3.75. The Morgan fingerprint density at radius 2 is 1.97 bits per heavy atom. The van der Waals surface area contributed by atoms with Gasteiger partial charge in [0.05, 0.1) is 12.2 Å². The number of aromatic nitrogens is 2.